The van der Waals surface area contributed by atoms with Crippen LogP contribution in [0.3, 0.4) is 0 Å². The number of nitrogens with two attached hydrogens (primary N) is 1. The Kier molecular flexibility index (Phi) is 7.71. The smallest absolute Gasteiger partial charge is 0.337 e. The molecule has 0 radical (unpaired) electrons. The molecule has 9 nitrogen and oxygen atoms in total. The zero-order valence-electron chi connectivity index (χ0n) is 26.5. The maximum Gasteiger partial charge on any atom is 0.337 e. The van der Waals surface area contributed by atoms with Crippen molar-refractivity contribution in [2.45, 2.75) is 95.5 Å². The Balaban J connectivity index is 1.51. The number of rotatable bonds is 5. The second kappa shape index (κ2) is 10.8. The number of carbonyl (C=O) groups excluding carboxylic acids is 2. The van der Waals surface area contributed by atoms with E-state index in [1.165, 1.54) is 0 Å². The fourth-order valence-electron chi connectivity index (χ4n) is 9.31. The van der Waals surface area contributed by atoms with Crippen LogP contribution in [0.25, 0.3) is 0 Å². The van der Waals surface area contributed by atoms with Gasteiger partial charge >= 0.3 is 5.97 Å². The Labute approximate surface area is 264 Å². The van der Waals surface area contributed by atoms with E-state index in [2.05, 4.69) is 0 Å². The number of Topliss-reactive ketones (excluding diaryl/α,β-unsaturated/α-hetero) is 1. The van der Waals surface area contributed by atoms with Crippen LogP contribution in [0.2, 0.25) is 0 Å². The van der Waals surface area contributed by atoms with Gasteiger partial charge in [0.15, 0.2) is 11.9 Å². The summed E-state index contributed by atoms with van der Waals surface area (Å²) < 4.78 is 11.9. The fraction of sp³-hybridized carbons (Fsp3) is 0.556. The van der Waals surface area contributed by atoms with Gasteiger partial charge in [-0.3, -0.25) is 4.79 Å². The summed E-state index contributed by atoms with van der Waals surface area (Å²) in [5.41, 5.74) is 3.36. The standard InChI is InChI=1S/C36H45NO8/c1-19-22(45-32(42)29(40)27(37)21-14-10-7-11-15-21)17-36(43)26(20-12-8-6-9-13-20)30-34(4)18-44-24(34)16-23(38)35(30,5)31(41)28(39)25(19)33(36,2)3/h6-15,22-24,26-30,38-40,43H,16-18,37H2,1-5H3/t22-,23-,24+,26-,27-,28+,29+,30?,34+,35+,36+/m0/s1. The van der Waals surface area contributed by atoms with Crippen LogP contribution in [0.1, 0.15) is 70.5 Å². The lowest BCUT2D eigenvalue weighted by Crippen LogP contribution is -2.74. The third-order valence-corrected chi connectivity index (χ3v) is 12.1. The average molecular weight is 620 g/mol. The molecule has 2 bridgehead atoms. The summed E-state index contributed by atoms with van der Waals surface area (Å²) in [6.07, 6.45) is -5.73. The Hall–Kier alpha value is -2.92. The first-order chi connectivity index (χ1) is 21.1. The van der Waals surface area contributed by atoms with Crippen LogP contribution in [0.5, 0.6) is 0 Å². The van der Waals surface area contributed by atoms with Gasteiger partial charge in [0, 0.05) is 29.6 Å². The van der Waals surface area contributed by atoms with Crippen LogP contribution in [-0.4, -0.2) is 74.9 Å². The summed E-state index contributed by atoms with van der Waals surface area (Å²) in [5, 5.41) is 47.9. The normalized spacial score (nSPS) is 40.2. The van der Waals surface area contributed by atoms with E-state index in [-0.39, 0.29) is 24.5 Å². The first-order valence-electron chi connectivity index (χ1n) is 15.8. The van der Waals surface area contributed by atoms with Crippen LogP contribution in [0.15, 0.2) is 71.8 Å². The van der Waals surface area contributed by atoms with E-state index in [0.717, 1.165) is 5.56 Å². The molecule has 3 fully saturated rings. The van der Waals surface area contributed by atoms with Crippen molar-refractivity contribution in [3.63, 3.8) is 0 Å². The van der Waals surface area contributed by atoms with Crippen molar-refractivity contribution in [1.82, 2.24) is 0 Å². The zero-order chi connectivity index (χ0) is 32.7. The van der Waals surface area contributed by atoms with Crippen molar-refractivity contribution in [3.05, 3.63) is 82.9 Å². The molecule has 9 heteroatoms. The number of aliphatic hydroxyl groups excluding tert-OH is 3. The van der Waals surface area contributed by atoms with Gasteiger partial charge in [0.05, 0.1) is 35.9 Å². The van der Waals surface area contributed by atoms with E-state index < -0.39 is 75.9 Å². The number of benzene rings is 2. The first kappa shape index (κ1) is 32.0. The van der Waals surface area contributed by atoms with Gasteiger partial charge in [0.2, 0.25) is 0 Å². The highest BCUT2D eigenvalue weighted by molar-refractivity contribution is 5.93. The van der Waals surface area contributed by atoms with Crippen molar-refractivity contribution in [2.24, 2.45) is 27.9 Å². The molecule has 6 rings (SSSR count). The summed E-state index contributed by atoms with van der Waals surface area (Å²) in [6.45, 7) is 9.40. The molecule has 11 atom stereocenters. The van der Waals surface area contributed by atoms with Gasteiger partial charge in [-0.1, -0.05) is 81.4 Å². The van der Waals surface area contributed by atoms with Crippen LogP contribution in [-0.2, 0) is 19.1 Å². The predicted octanol–water partition coefficient (Wildman–Crippen LogP) is 2.96. The summed E-state index contributed by atoms with van der Waals surface area (Å²) in [6, 6.07) is 17.1. The molecule has 2 saturated carbocycles. The number of hydrogen-bond acceptors (Lipinski definition) is 9. The van der Waals surface area contributed by atoms with Crippen molar-refractivity contribution in [1.29, 1.82) is 0 Å². The number of aliphatic hydroxyl groups is 4. The molecule has 2 aromatic rings. The molecule has 1 unspecified atom stereocenters. The van der Waals surface area contributed by atoms with Gasteiger partial charge < -0.3 is 35.6 Å². The zero-order valence-corrected chi connectivity index (χ0v) is 26.5. The second-order valence-electron chi connectivity index (χ2n) is 14.6. The molecule has 242 valence electrons. The number of ether oxygens (including phenoxy) is 2. The largest absolute Gasteiger partial charge is 0.456 e. The Bertz CT molecular complexity index is 1510. The molecule has 1 saturated heterocycles. The average Bonchev–Trinajstić information content (AvgIpc) is 3.02. The molecular formula is C36H45NO8. The van der Waals surface area contributed by atoms with Crippen LogP contribution < -0.4 is 5.73 Å². The molecule has 3 aliphatic carbocycles. The van der Waals surface area contributed by atoms with Crippen LogP contribution in [0, 0.1) is 22.2 Å². The molecule has 4 aliphatic rings. The maximum absolute atomic E-state index is 14.7. The minimum atomic E-state index is -1.69. The first-order valence-corrected chi connectivity index (χ1v) is 15.8. The minimum absolute atomic E-state index is 0.0703. The highest BCUT2D eigenvalue weighted by atomic mass is 16.6. The number of esters is 1. The van der Waals surface area contributed by atoms with E-state index in [1.54, 1.807) is 44.2 Å². The lowest BCUT2D eigenvalue weighted by atomic mass is 9.39. The lowest BCUT2D eigenvalue weighted by Gasteiger charge is -2.69. The summed E-state index contributed by atoms with van der Waals surface area (Å²) in [4.78, 5) is 28.1. The van der Waals surface area contributed by atoms with Crippen molar-refractivity contribution in [2.75, 3.05) is 6.61 Å². The van der Waals surface area contributed by atoms with Crippen molar-refractivity contribution < 1.29 is 39.5 Å². The molecule has 0 spiro atoms. The third-order valence-electron chi connectivity index (χ3n) is 12.1. The molecular weight excluding hydrogens is 574 g/mol. The highest BCUT2D eigenvalue weighted by Crippen LogP contribution is 2.69. The quantitative estimate of drug-likeness (QED) is 0.251. The van der Waals surface area contributed by atoms with Gasteiger partial charge in [-0.05, 0) is 42.0 Å². The van der Waals surface area contributed by atoms with E-state index in [0.29, 0.717) is 17.7 Å². The molecule has 0 amide bonds. The molecule has 45 heavy (non-hydrogen) atoms. The highest BCUT2D eigenvalue weighted by Gasteiger charge is 2.74. The number of ketones is 1. The summed E-state index contributed by atoms with van der Waals surface area (Å²) in [7, 11) is 0. The number of fused-ring (bicyclic) bond motifs is 5. The molecule has 6 N–H and O–H groups in total. The fourth-order valence-corrected chi connectivity index (χ4v) is 9.31. The Morgan fingerprint density at radius 3 is 2.20 bits per heavy atom. The van der Waals surface area contributed by atoms with E-state index in [9.17, 15) is 30.0 Å². The third kappa shape index (κ3) is 4.42. The summed E-state index contributed by atoms with van der Waals surface area (Å²) in [5.74, 6) is -2.88. The van der Waals surface area contributed by atoms with Gasteiger partial charge in [-0.2, -0.15) is 0 Å². The molecule has 1 heterocycles. The second-order valence-corrected chi connectivity index (χ2v) is 14.6. The monoisotopic (exact) mass is 619 g/mol. The Morgan fingerprint density at radius 1 is 1.02 bits per heavy atom. The van der Waals surface area contributed by atoms with E-state index >= 15 is 0 Å². The minimum Gasteiger partial charge on any atom is -0.456 e. The van der Waals surface area contributed by atoms with E-state index in [4.69, 9.17) is 15.2 Å². The van der Waals surface area contributed by atoms with Crippen LogP contribution in [0.4, 0.5) is 0 Å². The number of hydrogen-bond donors (Lipinski definition) is 5. The Morgan fingerprint density at radius 2 is 1.62 bits per heavy atom. The topological polar surface area (TPSA) is 160 Å². The maximum atomic E-state index is 14.7. The molecule has 1 aliphatic heterocycles. The predicted molar refractivity (Wildman–Crippen MR) is 166 cm³/mol. The number of carbonyl (C=O) groups is 2. The van der Waals surface area contributed by atoms with Gasteiger partial charge in [0.25, 0.3) is 0 Å². The van der Waals surface area contributed by atoms with Crippen molar-refractivity contribution in [3.8, 4) is 0 Å². The lowest BCUT2D eigenvalue weighted by molar-refractivity contribution is -0.293. The van der Waals surface area contributed by atoms with Crippen molar-refractivity contribution >= 4 is 11.8 Å². The van der Waals surface area contributed by atoms with Gasteiger partial charge in [-0.25, -0.2) is 4.79 Å². The van der Waals surface area contributed by atoms with Crippen LogP contribution >= 0.6 is 0 Å². The van der Waals surface area contributed by atoms with Gasteiger partial charge in [0.1, 0.15) is 12.2 Å². The summed E-state index contributed by atoms with van der Waals surface area (Å²) >= 11 is 0. The molecule has 2 aromatic carbocycles. The molecule has 0 aromatic heterocycles. The van der Waals surface area contributed by atoms with Gasteiger partial charge in [-0.15, -0.1) is 0 Å². The van der Waals surface area contributed by atoms with E-state index in [1.807, 2.05) is 51.1 Å². The SMILES string of the molecule is CC1=C2[C@@H](O)C(=O)[C@@]3(C)C([C@H](c4ccccc4)[C@](O)(C[C@@H]1OC(=O)[C@H](O)[C@@H](N)c1ccccc1)C2(C)C)[C@]1(C)CO[C@@H]1C[C@@H]3O.